The van der Waals surface area contributed by atoms with Crippen LogP contribution in [0.15, 0.2) is 18.2 Å². The molecule has 1 aromatic rings. The summed E-state index contributed by atoms with van der Waals surface area (Å²) < 4.78 is 13.4. The number of phenols is 1. The first-order valence-electron chi connectivity index (χ1n) is 5.69. The molecular weight excluding hydrogens is 257 g/mol. The van der Waals surface area contributed by atoms with Gasteiger partial charge < -0.3 is 10.4 Å². The highest BCUT2D eigenvalue weighted by Gasteiger charge is 2.21. The first kappa shape index (κ1) is 14.8. The van der Waals surface area contributed by atoms with Gasteiger partial charge in [0.1, 0.15) is 17.1 Å². The molecule has 0 saturated heterocycles. The van der Waals surface area contributed by atoms with E-state index in [4.69, 9.17) is 11.6 Å². The van der Waals surface area contributed by atoms with E-state index in [1.807, 2.05) is 13.8 Å². The lowest BCUT2D eigenvalue weighted by molar-refractivity contribution is 0.0929. The van der Waals surface area contributed by atoms with Crippen molar-refractivity contribution in [1.29, 1.82) is 0 Å². The Hall–Kier alpha value is -1.29. The first-order chi connectivity index (χ1) is 8.37. The van der Waals surface area contributed by atoms with Crippen molar-refractivity contribution in [3.05, 3.63) is 29.6 Å². The molecule has 1 amide bonds. The quantitative estimate of drug-likeness (QED) is 0.811. The Morgan fingerprint density at radius 2 is 2.17 bits per heavy atom. The highest BCUT2D eigenvalue weighted by atomic mass is 35.5. The van der Waals surface area contributed by atoms with Crippen LogP contribution in [-0.2, 0) is 0 Å². The molecule has 0 bridgehead atoms. The molecule has 0 aromatic heterocycles. The summed E-state index contributed by atoms with van der Waals surface area (Å²) >= 11 is 5.66. The monoisotopic (exact) mass is 273 g/mol. The van der Waals surface area contributed by atoms with E-state index in [0.29, 0.717) is 12.4 Å². The van der Waals surface area contributed by atoms with Crippen molar-refractivity contribution < 1.29 is 14.3 Å². The van der Waals surface area contributed by atoms with Crippen LogP contribution in [-0.4, -0.2) is 23.4 Å². The number of phenolic OH excluding ortho intramolecular Hbond substituents is 1. The Balaban J connectivity index is 2.72. The van der Waals surface area contributed by atoms with Gasteiger partial charge in [0.05, 0.1) is 0 Å². The van der Waals surface area contributed by atoms with Gasteiger partial charge in [0.15, 0.2) is 0 Å². The molecule has 0 fully saturated rings. The Kier molecular flexibility index (Phi) is 4.96. The Morgan fingerprint density at radius 3 is 2.72 bits per heavy atom. The predicted octanol–water partition coefficient (Wildman–Crippen LogP) is 2.92. The lowest BCUT2D eigenvalue weighted by Gasteiger charge is -2.23. The van der Waals surface area contributed by atoms with Gasteiger partial charge in [-0.2, -0.15) is 0 Å². The number of benzene rings is 1. The summed E-state index contributed by atoms with van der Waals surface area (Å²) in [6, 6.07) is 3.76. The van der Waals surface area contributed by atoms with E-state index in [1.165, 1.54) is 12.1 Å². The fraction of sp³-hybridized carbons (Fsp3) is 0.462. The standard InChI is InChI=1S/C13H17ClFNO2/c1-13(2,6-7-14)8-16-12(18)11-9(15)4-3-5-10(11)17/h3-5,17H,6-8H2,1-2H3,(H,16,18). The molecule has 0 radical (unpaired) electrons. The van der Waals surface area contributed by atoms with E-state index in [2.05, 4.69) is 5.32 Å². The van der Waals surface area contributed by atoms with Gasteiger partial charge in [0.2, 0.25) is 0 Å². The lowest BCUT2D eigenvalue weighted by atomic mass is 9.90. The third-order valence-electron chi connectivity index (χ3n) is 2.72. The average Bonchev–Trinajstić information content (AvgIpc) is 2.26. The summed E-state index contributed by atoms with van der Waals surface area (Å²) in [6.07, 6.45) is 0.734. The Morgan fingerprint density at radius 1 is 1.50 bits per heavy atom. The van der Waals surface area contributed by atoms with Crippen LogP contribution in [0.3, 0.4) is 0 Å². The van der Waals surface area contributed by atoms with Crippen LogP contribution in [0, 0.1) is 11.2 Å². The lowest BCUT2D eigenvalue weighted by Crippen LogP contribution is -2.34. The van der Waals surface area contributed by atoms with Crippen LogP contribution in [0.1, 0.15) is 30.6 Å². The maximum Gasteiger partial charge on any atom is 0.258 e. The molecule has 18 heavy (non-hydrogen) atoms. The number of hydrogen-bond acceptors (Lipinski definition) is 2. The molecule has 3 nitrogen and oxygen atoms in total. The second-order valence-corrected chi connectivity index (χ2v) is 5.30. The number of halogens is 2. The molecule has 0 atom stereocenters. The maximum absolute atomic E-state index is 13.4. The zero-order valence-corrected chi connectivity index (χ0v) is 11.2. The number of nitrogens with one attached hydrogen (secondary N) is 1. The van der Waals surface area contributed by atoms with Gasteiger partial charge in [0.25, 0.3) is 5.91 Å². The summed E-state index contributed by atoms with van der Waals surface area (Å²) in [5.41, 5.74) is -0.489. The third-order valence-corrected chi connectivity index (χ3v) is 2.91. The molecule has 0 saturated carbocycles. The molecule has 0 aliphatic heterocycles. The van der Waals surface area contributed by atoms with E-state index in [1.54, 1.807) is 0 Å². The van der Waals surface area contributed by atoms with Crippen LogP contribution in [0.2, 0.25) is 0 Å². The molecule has 5 heteroatoms. The molecule has 1 aromatic carbocycles. The van der Waals surface area contributed by atoms with Gasteiger partial charge in [0, 0.05) is 12.4 Å². The molecule has 0 heterocycles. The summed E-state index contributed by atoms with van der Waals surface area (Å²) in [7, 11) is 0. The van der Waals surface area contributed by atoms with Crippen molar-refractivity contribution in [3.63, 3.8) is 0 Å². The average molecular weight is 274 g/mol. The molecular formula is C13H17ClFNO2. The summed E-state index contributed by atoms with van der Waals surface area (Å²) in [5, 5.41) is 12.1. The van der Waals surface area contributed by atoms with Crippen molar-refractivity contribution >= 4 is 17.5 Å². The predicted molar refractivity (Wildman–Crippen MR) is 69.5 cm³/mol. The van der Waals surface area contributed by atoms with E-state index < -0.39 is 11.7 Å². The van der Waals surface area contributed by atoms with Crippen LogP contribution in [0.25, 0.3) is 0 Å². The molecule has 100 valence electrons. The van der Waals surface area contributed by atoms with Crippen LogP contribution in [0.4, 0.5) is 4.39 Å². The van der Waals surface area contributed by atoms with Crippen molar-refractivity contribution in [1.82, 2.24) is 5.32 Å². The SMILES string of the molecule is CC(C)(CCCl)CNC(=O)c1c(O)cccc1F. The first-order valence-corrected chi connectivity index (χ1v) is 6.22. The van der Waals surface area contributed by atoms with Crippen molar-refractivity contribution in [2.24, 2.45) is 5.41 Å². The molecule has 1 rings (SSSR count). The van der Waals surface area contributed by atoms with Crippen LogP contribution >= 0.6 is 11.6 Å². The fourth-order valence-corrected chi connectivity index (χ4v) is 2.00. The van der Waals surface area contributed by atoms with E-state index >= 15 is 0 Å². The van der Waals surface area contributed by atoms with Crippen LogP contribution < -0.4 is 5.32 Å². The smallest absolute Gasteiger partial charge is 0.258 e. The highest BCUT2D eigenvalue weighted by molar-refractivity contribution is 6.17. The molecule has 0 aliphatic carbocycles. The van der Waals surface area contributed by atoms with Gasteiger partial charge in [-0.3, -0.25) is 4.79 Å². The number of rotatable bonds is 5. The number of aromatic hydroxyl groups is 1. The zero-order valence-electron chi connectivity index (χ0n) is 10.5. The minimum absolute atomic E-state index is 0.168. The zero-order chi connectivity index (χ0) is 13.8. The minimum atomic E-state index is -0.734. The summed E-state index contributed by atoms with van der Waals surface area (Å²) in [5.74, 6) is -1.22. The second kappa shape index (κ2) is 6.05. The fourth-order valence-electron chi connectivity index (χ4n) is 1.49. The number of carbonyl (C=O) groups is 1. The van der Waals surface area contributed by atoms with Gasteiger partial charge in [-0.15, -0.1) is 11.6 Å². The largest absolute Gasteiger partial charge is 0.507 e. The number of hydrogen-bond donors (Lipinski definition) is 2. The summed E-state index contributed by atoms with van der Waals surface area (Å²) in [6.45, 7) is 4.28. The normalized spacial score (nSPS) is 11.3. The van der Waals surface area contributed by atoms with Gasteiger partial charge >= 0.3 is 0 Å². The van der Waals surface area contributed by atoms with E-state index in [9.17, 15) is 14.3 Å². The molecule has 0 aliphatic rings. The maximum atomic E-state index is 13.4. The third kappa shape index (κ3) is 3.88. The van der Waals surface area contributed by atoms with E-state index in [0.717, 1.165) is 12.5 Å². The Bertz CT molecular complexity index is 415. The van der Waals surface area contributed by atoms with E-state index in [-0.39, 0.29) is 16.7 Å². The Labute approximate surface area is 111 Å². The summed E-state index contributed by atoms with van der Waals surface area (Å²) in [4.78, 5) is 11.8. The molecule has 2 N–H and O–H groups in total. The minimum Gasteiger partial charge on any atom is -0.507 e. The van der Waals surface area contributed by atoms with Gasteiger partial charge in [-0.05, 0) is 24.0 Å². The van der Waals surface area contributed by atoms with Crippen molar-refractivity contribution in [3.8, 4) is 5.75 Å². The van der Waals surface area contributed by atoms with Gasteiger partial charge in [-0.1, -0.05) is 19.9 Å². The van der Waals surface area contributed by atoms with Crippen molar-refractivity contribution in [2.45, 2.75) is 20.3 Å². The van der Waals surface area contributed by atoms with Crippen molar-refractivity contribution in [2.75, 3.05) is 12.4 Å². The highest BCUT2D eigenvalue weighted by Crippen LogP contribution is 2.22. The molecule has 0 spiro atoms. The van der Waals surface area contributed by atoms with Gasteiger partial charge in [-0.25, -0.2) is 4.39 Å². The molecule has 0 unspecified atom stereocenters. The number of alkyl halides is 1. The number of amides is 1. The van der Waals surface area contributed by atoms with Crippen LogP contribution in [0.5, 0.6) is 5.75 Å². The topological polar surface area (TPSA) is 49.3 Å². The number of carbonyl (C=O) groups excluding carboxylic acids is 1. The second-order valence-electron chi connectivity index (χ2n) is 4.92.